The Labute approximate surface area is 115 Å². The number of ether oxygens (including phenoxy) is 2. The first-order valence-corrected chi connectivity index (χ1v) is 6.77. The standard InChI is InChI=1S/C15H24N2O2/c1-15(2,16)13-4-5-14(18-3)12(10-13)11-17-6-8-19-9-7-17/h4-5,10H,6-9,11,16H2,1-3H3. The fourth-order valence-corrected chi connectivity index (χ4v) is 2.30. The van der Waals surface area contributed by atoms with E-state index in [2.05, 4.69) is 11.0 Å². The van der Waals surface area contributed by atoms with Gasteiger partial charge in [0.15, 0.2) is 0 Å². The highest BCUT2D eigenvalue weighted by atomic mass is 16.5. The van der Waals surface area contributed by atoms with E-state index >= 15 is 0 Å². The Morgan fingerprint density at radius 3 is 2.58 bits per heavy atom. The molecule has 0 unspecified atom stereocenters. The highest BCUT2D eigenvalue weighted by Gasteiger charge is 2.18. The van der Waals surface area contributed by atoms with Gasteiger partial charge in [-0.3, -0.25) is 4.90 Å². The van der Waals surface area contributed by atoms with Crippen LogP contribution in [0, 0.1) is 0 Å². The molecular formula is C15H24N2O2. The number of nitrogens with zero attached hydrogens (tertiary/aromatic N) is 1. The van der Waals surface area contributed by atoms with Crippen LogP contribution in [-0.4, -0.2) is 38.3 Å². The maximum Gasteiger partial charge on any atom is 0.123 e. The van der Waals surface area contributed by atoms with Crippen molar-refractivity contribution in [1.29, 1.82) is 0 Å². The van der Waals surface area contributed by atoms with Crippen LogP contribution < -0.4 is 10.5 Å². The maximum atomic E-state index is 6.18. The molecule has 1 aromatic rings. The van der Waals surface area contributed by atoms with Crippen LogP contribution >= 0.6 is 0 Å². The first-order chi connectivity index (χ1) is 9.00. The number of benzene rings is 1. The minimum atomic E-state index is -0.327. The van der Waals surface area contributed by atoms with Gasteiger partial charge in [-0.25, -0.2) is 0 Å². The van der Waals surface area contributed by atoms with Gasteiger partial charge in [0.05, 0.1) is 20.3 Å². The molecule has 2 rings (SSSR count). The molecule has 1 aromatic carbocycles. The van der Waals surface area contributed by atoms with Crippen LogP contribution in [-0.2, 0) is 16.8 Å². The molecule has 4 heteroatoms. The minimum Gasteiger partial charge on any atom is -0.496 e. The molecule has 0 atom stereocenters. The third-order valence-corrected chi connectivity index (χ3v) is 3.52. The monoisotopic (exact) mass is 264 g/mol. The number of nitrogens with two attached hydrogens (primary N) is 1. The molecule has 0 radical (unpaired) electrons. The second kappa shape index (κ2) is 5.90. The van der Waals surface area contributed by atoms with Gasteiger partial charge in [-0.05, 0) is 31.5 Å². The summed E-state index contributed by atoms with van der Waals surface area (Å²) in [5.41, 5.74) is 8.18. The Hall–Kier alpha value is -1.10. The second-order valence-corrected chi connectivity index (χ2v) is 5.64. The Bertz CT molecular complexity index is 421. The van der Waals surface area contributed by atoms with Crippen LogP contribution in [0.5, 0.6) is 5.75 Å². The van der Waals surface area contributed by atoms with E-state index in [0.717, 1.165) is 44.2 Å². The summed E-state index contributed by atoms with van der Waals surface area (Å²) in [6, 6.07) is 6.22. The van der Waals surface area contributed by atoms with Gasteiger partial charge >= 0.3 is 0 Å². The number of hydrogen-bond donors (Lipinski definition) is 1. The molecule has 19 heavy (non-hydrogen) atoms. The molecule has 0 amide bonds. The summed E-state index contributed by atoms with van der Waals surface area (Å²) in [5.74, 6) is 0.930. The summed E-state index contributed by atoms with van der Waals surface area (Å²) in [7, 11) is 1.71. The van der Waals surface area contributed by atoms with Crippen molar-refractivity contribution < 1.29 is 9.47 Å². The first kappa shape index (κ1) is 14.3. The Balaban J connectivity index is 2.20. The molecule has 1 aliphatic heterocycles. The average molecular weight is 264 g/mol. The molecule has 2 N–H and O–H groups in total. The largest absolute Gasteiger partial charge is 0.496 e. The second-order valence-electron chi connectivity index (χ2n) is 5.64. The van der Waals surface area contributed by atoms with Crippen LogP contribution in [0.3, 0.4) is 0 Å². The predicted octanol–water partition coefficient (Wildman–Crippen LogP) is 1.72. The Morgan fingerprint density at radius 2 is 2.00 bits per heavy atom. The van der Waals surface area contributed by atoms with E-state index in [0.29, 0.717) is 0 Å². The van der Waals surface area contributed by atoms with Gasteiger partial charge in [-0.15, -0.1) is 0 Å². The minimum absolute atomic E-state index is 0.327. The van der Waals surface area contributed by atoms with Crippen molar-refractivity contribution in [3.05, 3.63) is 29.3 Å². The van der Waals surface area contributed by atoms with Gasteiger partial charge in [-0.1, -0.05) is 6.07 Å². The molecule has 0 saturated carbocycles. The lowest BCUT2D eigenvalue weighted by Crippen LogP contribution is -2.36. The Kier molecular flexibility index (Phi) is 4.45. The molecule has 1 heterocycles. The molecule has 0 bridgehead atoms. The third kappa shape index (κ3) is 3.69. The third-order valence-electron chi connectivity index (χ3n) is 3.52. The van der Waals surface area contributed by atoms with Crippen molar-refractivity contribution in [2.75, 3.05) is 33.4 Å². The van der Waals surface area contributed by atoms with Crippen molar-refractivity contribution in [3.8, 4) is 5.75 Å². The lowest BCUT2D eigenvalue weighted by Gasteiger charge is -2.28. The van der Waals surface area contributed by atoms with Crippen LogP contribution in [0.1, 0.15) is 25.0 Å². The molecule has 1 aliphatic rings. The lowest BCUT2D eigenvalue weighted by molar-refractivity contribution is 0.0338. The fourth-order valence-electron chi connectivity index (χ4n) is 2.30. The van der Waals surface area contributed by atoms with Crippen molar-refractivity contribution >= 4 is 0 Å². The van der Waals surface area contributed by atoms with Gasteiger partial charge in [0.1, 0.15) is 5.75 Å². The molecule has 1 saturated heterocycles. The number of methoxy groups -OCH3 is 1. The predicted molar refractivity (Wildman–Crippen MR) is 76.3 cm³/mol. The van der Waals surface area contributed by atoms with Crippen molar-refractivity contribution in [2.45, 2.75) is 25.9 Å². The quantitative estimate of drug-likeness (QED) is 0.899. The zero-order valence-corrected chi connectivity index (χ0v) is 12.1. The van der Waals surface area contributed by atoms with Crippen molar-refractivity contribution in [2.24, 2.45) is 5.73 Å². The maximum absolute atomic E-state index is 6.18. The molecule has 0 aromatic heterocycles. The van der Waals surface area contributed by atoms with Crippen LogP contribution in [0.15, 0.2) is 18.2 Å². The van der Waals surface area contributed by atoms with E-state index in [1.54, 1.807) is 7.11 Å². The molecule has 106 valence electrons. The molecule has 0 spiro atoms. The smallest absolute Gasteiger partial charge is 0.123 e. The summed E-state index contributed by atoms with van der Waals surface area (Å²) >= 11 is 0. The van der Waals surface area contributed by atoms with Gasteiger partial charge in [0, 0.05) is 30.7 Å². The summed E-state index contributed by atoms with van der Waals surface area (Å²) in [6.07, 6.45) is 0. The number of hydrogen-bond acceptors (Lipinski definition) is 4. The summed E-state index contributed by atoms with van der Waals surface area (Å²) < 4.78 is 10.8. The number of morpholine rings is 1. The molecular weight excluding hydrogens is 240 g/mol. The fraction of sp³-hybridized carbons (Fsp3) is 0.600. The highest BCUT2D eigenvalue weighted by molar-refractivity contribution is 5.39. The lowest BCUT2D eigenvalue weighted by atomic mass is 9.93. The van der Waals surface area contributed by atoms with Crippen molar-refractivity contribution in [3.63, 3.8) is 0 Å². The van der Waals surface area contributed by atoms with Gasteiger partial charge in [-0.2, -0.15) is 0 Å². The van der Waals surface area contributed by atoms with Crippen LogP contribution in [0.2, 0.25) is 0 Å². The molecule has 0 aliphatic carbocycles. The van der Waals surface area contributed by atoms with Gasteiger partial charge in [0.2, 0.25) is 0 Å². The topological polar surface area (TPSA) is 47.7 Å². The van der Waals surface area contributed by atoms with E-state index in [-0.39, 0.29) is 5.54 Å². The molecule has 4 nitrogen and oxygen atoms in total. The zero-order valence-electron chi connectivity index (χ0n) is 12.1. The molecule has 1 fully saturated rings. The first-order valence-electron chi connectivity index (χ1n) is 6.77. The van der Waals surface area contributed by atoms with Crippen molar-refractivity contribution in [1.82, 2.24) is 4.90 Å². The normalized spacial score (nSPS) is 17.5. The summed E-state index contributed by atoms with van der Waals surface area (Å²) in [5, 5.41) is 0. The van der Waals surface area contributed by atoms with E-state index < -0.39 is 0 Å². The average Bonchev–Trinajstić information content (AvgIpc) is 2.39. The van der Waals surface area contributed by atoms with Crippen LogP contribution in [0.25, 0.3) is 0 Å². The summed E-state index contributed by atoms with van der Waals surface area (Å²) in [4.78, 5) is 2.38. The van der Waals surface area contributed by atoms with E-state index in [1.165, 1.54) is 5.56 Å². The van der Waals surface area contributed by atoms with E-state index in [4.69, 9.17) is 15.2 Å². The van der Waals surface area contributed by atoms with Crippen LogP contribution in [0.4, 0.5) is 0 Å². The van der Waals surface area contributed by atoms with Gasteiger partial charge in [0.25, 0.3) is 0 Å². The highest BCUT2D eigenvalue weighted by Crippen LogP contribution is 2.26. The Morgan fingerprint density at radius 1 is 1.32 bits per heavy atom. The van der Waals surface area contributed by atoms with Gasteiger partial charge < -0.3 is 15.2 Å². The number of rotatable bonds is 4. The SMILES string of the molecule is COc1ccc(C(C)(C)N)cc1CN1CCOCC1. The zero-order chi connectivity index (χ0) is 13.9. The summed E-state index contributed by atoms with van der Waals surface area (Å²) in [6.45, 7) is 8.49. The van der Waals surface area contributed by atoms with E-state index in [9.17, 15) is 0 Å². The van der Waals surface area contributed by atoms with E-state index in [1.807, 2.05) is 26.0 Å².